The van der Waals surface area contributed by atoms with Crippen LogP contribution in [0.1, 0.15) is 17.7 Å². The molecule has 0 bridgehead atoms. The van der Waals surface area contributed by atoms with Gasteiger partial charge < -0.3 is 10.6 Å². The van der Waals surface area contributed by atoms with Crippen LogP contribution in [0.5, 0.6) is 0 Å². The molecule has 21 heavy (non-hydrogen) atoms. The van der Waals surface area contributed by atoms with Crippen LogP contribution < -0.4 is 10.6 Å². The molecule has 2 heterocycles. The third-order valence-electron chi connectivity index (χ3n) is 3.36. The van der Waals surface area contributed by atoms with Gasteiger partial charge >= 0.3 is 6.18 Å². The van der Waals surface area contributed by atoms with E-state index >= 15 is 0 Å². The molecule has 1 aromatic carbocycles. The number of fused-ring (bicyclic) bond motifs is 1. The van der Waals surface area contributed by atoms with Crippen molar-refractivity contribution in [1.29, 1.82) is 0 Å². The Morgan fingerprint density at radius 3 is 2.81 bits per heavy atom. The first-order valence-electron chi connectivity index (χ1n) is 6.70. The Morgan fingerprint density at radius 2 is 2.00 bits per heavy atom. The lowest BCUT2D eigenvalue weighted by Crippen LogP contribution is -2.12. The van der Waals surface area contributed by atoms with E-state index in [1.807, 2.05) is 18.2 Å². The molecule has 3 rings (SSSR count). The lowest BCUT2D eigenvalue weighted by atomic mass is 10.0. The Labute approximate surface area is 120 Å². The van der Waals surface area contributed by atoms with Crippen LogP contribution >= 0.6 is 0 Å². The molecule has 0 unspecified atom stereocenters. The van der Waals surface area contributed by atoms with Gasteiger partial charge in [0.05, 0.1) is 0 Å². The Balaban J connectivity index is 1.83. The molecule has 0 radical (unpaired) electrons. The van der Waals surface area contributed by atoms with Gasteiger partial charge in [0.25, 0.3) is 0 Å². The summed E-state index contributed by atoms with van der Waals surface area (Å²) < 4.78 is 37.9. The SMILES string of the molecule is FC(F)(F)c1cccc(Nc2ccc3c(c2)CCCN3)n1. The summed E-state index contributed by atoms with van der Waals surface area (Å²) in [5.74, 6) is 0.188. The summed E-state index contributed by atoms with van der Waals surface area (Å²) in [4.78, 5) is 3.60. The number of pyridine rings is 1. The van der Waals surface area contributed by atoms with Gasteiger partial charge in [-0.25, -0.2) is 4.98 Å². The van der Waals surface area contributed by atoms with Crippen LogP contribution in [0.15, 0.2) is 36.4 Å². The normalized spacial score (nSPS) is 14.2. The molecule has 0 saturated heterocycles. The molecular formula is C15H14F3N3. The number of hydrogen-bond acceptors (Lipinski definition) is 3. The number of halogens is 3. The molecule has 0 saturated carbocycles. The lowest BCUT2D eigenvalue weighted by molar-refractivity contribution is -0.141. The summed E-state index contributed by atoms with van der Waals surface area (Å²) in [6.07, 6.45) is -2.41. The second-order valence-corrected chi connectivity index (χ2v) is 4.93. The molecule has 2 N–H and O–H groups in total. The molecule has 0 atom stereocenters. The standard InChI is InChI=1S/C15H14F3N3/c16-15(17,18)13-4-1-5-14(21-13)20-11-6-7-12-10(9-11)3-2-8-19-12/h1,4-7,9,19H,2-3,8H2,(H,20,21). The zero-order valence-corrected chi connectivity index (χ0v) is 11.2. The predicted octanol–water partition coefficient (Wildman–Crippen LogP) is 4.20. The molecule has 3 nitrogen and oxygen atoms in total. The highest BCUT2D eigenvalue weighted by Crippen LogP contribution is 2.30. The van der Waals surface area contributed by atoms with Gasteiger partial charge in [0.15, 0.2) is 0 Å². The van der Waals surface area contributed by atoms with Crippen molar-refractivity contribution in [3.63, 3.8) is 0 Å². The van der Waals surface area contributed by atoms with Crippen molar-refractivity contribution < 1.29 is 13.2 Å². The molecule has 0 amide bonds. The van der Waals surface area contributed by atoms with E-state index in [-0.39, 0.29) is 5.82 Å². The van der Waals surface area contributed by atoms with E-state index in [1.165, 1.54) is 17.7 Å². The third kappa shape index (κ3) is 3.09. The lowest BCUT2D eigenvalue weighted by Gasteiger charge is -2.19. The predicted molar refractivity (Wildman–Crippen MR) is 75.8 cm³/mol. The second-order valence-electron chi connectivity index (χ2n) is 4.93. The summed E-state index contributed by atoms with van der Waals surface area (Å²) in [7, 11) is 0. The Bertz CT molecular complexity index is 653. The molecular weight excluding hydrogens is 279 g/mol. The van der Waals surface area contributed by atoms with Crippen molar-refractivity contribution in [3.8, 4) is 0 Å². The molecule has 6 heteroatoms. The summed E-state index contributed by atoms with van der Waals surface area (Å²) in [6, 6.07) is 9.54. The van der Waals surface area contributed by atoms with E-state index in [0.717, 1.165) is 36.8 Å². The minimum Gasteiger partial charge on any atom is -0.385 e. The van der Waals surface area contributed by atoms with E-state index in [4.69, 9.17) is 0 Å². The largest absolute Gasteiger partial charge is 0.433 e. The van der Waals surface area contributed by atoms with Crippen molar-refractivity contribution in [2.24, 2.45) is 0 Å². The molecule has 1 aliphatic rings. The highest BCUT2D eigenvalue weighted by atomic mass is 19.4. The van der Waals surface area contributed by atoms with Gasteiger partial charge in [-0.1, -0.05) is 6.07 Å². The van der Waals surface area contributed by atoms with Gasteiger partial charge in [-0.05, 0) is 48.7 Å². The first kappa shape index (κ1) is 13.7. The molecule has 2 aromatic rings. The van der Waals surface area contributed by atoms with E-state index in [9.17, 15) is 13.2 Å². The van der Waals surface area contributed by atoms with Crippen molar-refractivity contribution in [2.45, 2.75) is 19.0 Å². The molecule has 1 aromatic heterocycles. The van der Waals surface area contributed by atoms with Crippen molar-refractivity contribution in [2.75, 3.05) is 17.2 Å². The average Bonchev–Trinajstić information content (AvgIpc) is 2.46. The minimum absolute atomic E-state index is 0.188. The smallest absolute Gasteiger partial charge is 0.385 e. The van der Waals surface area contributed by atoms with E-state index < -0.39 is 11.9 Å². The molecule has 0 aliphatic carbocycles. The van der Waals surface area contributed by atoms with E-state index in [0.29, 0.717) is 0 Å². The van der Waals surface area contributed by atoms with Crippen LogP contribution in [0.25, 0.3) is 0 Å². The average molecular weight is 293 g/mol. The summed E-state index contributed by atoms with van der Waals surface area (Å²) in [6.45, 7) is 0.953. The number of nitrogens with zero attached hydrogens (tertiary/aromatic N) is 1. The Kier molecular flexibility index (Phi) is 3.45. The molecule has 0 fully saturated rings. The van der Waals surface area contributed by atoms with Gasteiger partial charge in [-0.2, -0.15) is 13.2 Å². The molecule has 1 aliphatic heterocycles. The number of aromatic nitrogens is 1. The van der Waals surface area contributed by atoms with Gasteiger partial charge in [-0.3, -0.25) is 0 Å². The number of aryl methyl sites for hydroxylation is 1. The zero-order chi connectivity index (χ0) is 14.9. The van der Waals surface area contributed by atoms with Gasteiger partial charge in [0.2, 0.25) is 0 Å². The topological polar surface area (TPSA) is 37.0 Å². The number of hydrogen-bond donors (Lipinski definition) is 2. The zero-order valence-electron chi connectivity index (χ0n) is 11.2. The van der Waals surface area contributed by atoms with E-state index in [1.54, 1.807) is 0 Å². The van der Waals surface area contributed by atoms with Gasteiger partial charge in [0, 0.05) is 17.9 Å². The summed E-state index contributed by atoms with van der Waals surface area (Å²) >= 11 is 0. The third-order valence-corrected chi connectivity index (χ3v) is 3.36. The van der Waals surface area contributed by atoms with Crippen LogP contribution in [0.3, 0.4) is 0 Å². The van der Waals surface area contributed by atoms with Gasteiger partial charge in [-0.15, -0.1) is 0 Å². The van der Waals surface area contributed by atoms with Crippen molar-refractivity contribution in [1.82, 2.24) is 4.98 Å². The van der Waals surface area contributed by atoms with Crippen molar-refractivity contribution >= 4 is 17.2 Å². The monoisotopic (exact) mass is 293 g/mol. The maximum absolute atomic E-state index is 12.6. The first-order chi connectivity index (χ1) is 10.0. The Morgan fingerprint density at radius 1 is 1.14 bits per heavy atom. The summed E-state index contributed by atoms with van der Waals surface area (Å²) in [5.41, 5.74) is 2.10. The van der Waals surface area contributed by atoms with E-state index in [2.05, 4.69) is 15.6 Å². The fourth-order valence-corrected chi connectivity index (χ4v) is 2.36. The van der Waals surface area contributed by atoms with Crippen LogP contribution in [0.2, 0.25) is 0 Å². The van der Waals surface area contributed by atoms with Crippen LogP contribution in [0.4, 0.5) is 30.4 Å². The highest BCUT2D eigenvalue weighted by Gasteiger charge is 2.32. The summed E-state index contributed by atoms with van der Waals surface area (Å²) in [5, 5.41) is 6.22. The fraction of sp³-hybridized carbons (Fsp3) is 0.267. The number of nitrogens with one attached hydrogen (secondary N) is 2. The quantitative estimate of drug-likeness (QED) is 0.871. The van der Waals surface area contributed by atoms with Crippen molar-refractivity contribution in [3.05, 3.63) is 47.7 Å². The Hall–Kier alpha value is -2.24. The number of benzene rings is 1. The van der Waals surface area contributed by atoms with Crippen LogP contribution in [-0.4, -0.2) is 11.5 Å². The first-order valence-corrected chi connectivity index (χ1v) is 6.70. The maximum atomic E-state index is 12.6. The van der Waals surface area contributed by atoms with Crippen LogP contribution in [-0.2, 0) is 12.6 Å². The van der Waals surface area contributed by atoms with Crippen LogP contribution in [0, 0.1) is 0 Å². The minimum atomic E-state index is -4.43. The number of alkyl halides is 3. The maximum Gasteiger partial charge on any atom is 0.433 e. The second kappa shape index (κ2) is 5.27. The number of anilines is 3. The highest BCUT2D eigenvalue weighted by molar-refractivity contribution is 5.64. The van der Waals surface area contributed by atoms with Gasteiger partial charge in [0.1, 0.15) is 11.5 Å². The number of rotatable bonds is 2. The fourth-order valence-electron chi connectivity index (χ4n) is 2.36. The molecule has 0 spiro atoms. The molecule has 110 valence electrons.